The van der Waals surface area contributed by atoms with E-state index in [2.05, 4.69) is 10.3 Å². The van der Waals surface area contributed by atoms with Crippen molar-refractivity contribution in [2.24, 2.45) is 0 Å². The summed E-state index contributed by atoms with van der Waals surface area (Å²) in [6.45, 7) is -0.0336. The predicted molar refractivity (Wildman–Crippen MR) is 110 cm³/mol. The minimum atomic E-state index is -4.65. The Balaban J connectivity index is 1.99. The average molecular weight is 456 g/mol. The molecule has 164 valence electrons. The number of anilines is 1. The van der Waals surface area contributed by atoms with Gasteiger partial charge in [-0.25, -0.2) is 14.2 Å². The Morgan fingerprint density at radius 2 is 1.90 bits per heavy atom. The number of aromatic nitrogens is 1. The van der Waals surface area contributed by atoms with Crippen LogP contribution in [0.25, 0.3) is 10.8 Å². The number of amides is 2. The van der Waals surface area contributed by atoms with E-state index in [9.17, 15) is 22.4 Å². The van der Waals surface area contributed by atoms with E-state index in [-0.39, 0.29) is 10.7 Å². The Bertz CT molecular complexity index is 1110. The summed E-state index contributed by atoms with van der Waals surface area (Å²) in [6.07, 6.45) is -3.26. The van der Waals surface area contributed by atoms with E-state index in [0.717, 1.165) is 12.1 Å². The lowest BCUT2D eigenvalue weighted by Crippen LogP contribution is -2.43. The molecule has 2 amide bonds. The first-order chi connectivity index (χ1) is 14.6. The van der Waals surface area contributed by atoms with Crippen LogP contribution in [0.2, 0.25) is 5.02 Å². The van der Waals surface area contributed by atoms with Gasteiger partial charge in [0.05, 0.1) is 18.2 Å². The van der Waals surface area contributed by atoms with E-state index in [1.807, 2.05) is 0 Å². The highest BCUT2D eigenvalue weighted by Crippen LogP contribution is 2.33. The molecule has 2 aromatic carbocycles. The standard InChI is InChI=1S/C21H18ClF4N3O2/c1-12(16-10-27-19(31-2)15-6-4-3-5-14(15)16)29(11-21(24,25)26)20(30)28-13-7-8-18(23)17(22)9-13/h3-10,12H,11H2,1-2H3,(H,28,30)/t12-/m1/s1. The number of halogens is 5. The third kappa shape index (κ3) is 5.16. The number of hydrogen-bond acceptors (Lipinski definition) is 3. The number of methoxy groups -OCH3 is 1. The largest absolute Gasteiger partial charge is 0.481 e. The lowest BCUT2D eigenvalue weighted by Gasteiger charge is -2.31. The molecule has 0 aliphatic heterocycles. The number of fused-ring (bicyclic) bond motifs is 1. The van der Waals surface area contributed by atoms with E-state index >= 15 is 0 Å². The first-order valence-corrected chi connectivity index (χ1v) is 9.49. The third-order valence-electron chi connectivity index (χ3n) is 4.68. The molecule has 3 rings (SSSR count). The van der Waals surface area contributed by atoms with Crippen molar-refractivity contribution in [3.8, 4) is 5.88 Å². The van der Waals surface area contributed by atoms with E-state index in [0.29, 0.717) is 27.1 Å². The summed E-state index contributed by atoms with van der Waals surface area (Å²) in [4.78, 5) is 17.6. The lowest BCUT2D eigenvalue weighted by molar-refractivity contribution is -0.143. The molecular weight excluding hydrogens is 438 g/mol. The van der Waals surface area contributed by atoms with Crippen LogP contribution >= 0.6 is 11.6 Å². The zero-order chi connectivity index (χ0) is 22.8. The molecule has 1 atom stereocenters. The van der Waals surface area contributed by atoms with Gasteiger partial charge < -0.3 is 15.0 Å². The van der Waals surface area contributed by atoms with Crippen LogP contribution in [-0.2, 0) is 0 Å². The molecule has 10 heteroatoms. The van der Waals surface area contributed by atoms with Crippen LogP contribution in [0.3, 0.4) is 0 Å². The third-order valence-corrected chi connectivity index (χ3v) is 4.97. The summed E-state index contributed by atoms with van der Waals surface area (Å²) >= 11 is 5.70. The fourth-order valence-corrected chi connectivity index (χ4v) is 3.38. The molecule has 1 heterocycles. The molecule has 0 spiro atoms. The molecule has 1 aromatic heterocycles. The van der Waals surface area contributed by atoms with Crippen molar-refractivity contribution in [3.05, 3.63) is 65.1 Å². The fraction of sp³-hybridized carbons (Fsp3) is 0.238. The average Bonchev–Trinajstić information content (AvgIpc) is 2.72. The molecule has 0 aliphatic rings. The van der Waals surface area contributed by atoms with E-state index in [1.54, 1.807) is 24.3 Å². The number of carbonyl (C=O) groups excluding carboxylic acids is 1. The van der Waals surface area contributed by atoms with Crippen LogP contribution in [0.5, 0.6) is 5.88 Å². The maximum Gasteiger partial charge on any atom is 0.406 e. The molecule has 0 saturated heterocycles. The first-order valence-electron chi connectivity index (χ1n) is 9.11. The van der Waals surface area contributed by atoms with Gasteiger partial charge in [-0.3, -0.25) is 0 Å². The van der Waals surface area contributed by atoms with Gasteiger partial charge in [0, 0.05) is 22.8 Å². The summed E-state index contributed by atoms with van der Waals surface area (Å²) in [5.41, 5.74) is 0.474. The van der Waals surface area contributed by atoms with Gasteiger partial charge in [0.25, 0.3) is 0 Å². The van der Waals surface area contributed by atoms with Crippen LogP contribution in [-0.4, -0.2) is 35.7 Å². The number of benzene rings is 2. The normalized spacial score (nSPS) is 12.5. The van der Waals surface area contributed by atoms with Crippen molar-refractivity contribution >= 4 is 34.1 Å². The molecule has 1 N–H and O–H groups in total. The first kappa shape index (κ1) is 22.6. The van der Waals surface area contributed by atoms with E-state index in [1.165, 1.54) is 26.3 Å². The molecule has 0 radical (unpaired) electrons. The van der Waals surface area contributed by atoms with Crippen molar-refractivity contribution in [1.29, 1.82) is 0 Å². The van der Waals surface area contributed by atoms with Gasteiger partial charge in [0.1, 0.15) is 12.4 Å². The molecule has 0 aliphatic carbocycles. The topological polar surface area (TPSA) is 54.5 Å². The number of carbonyl (C=O) groups is 1. The Hall–Kier alpha value is -3.07. The number of nitrogens with one attached hydrogen (secondary N) is 1. The molecule has 3 aromatic rings. The van der Waals surface area contributed by atoms with E-state index in [4.69, 9.17) is 16.3 Å². The van der Waals surface area contributed by atoms with Crippen molar-refractivity contribution < 1.29 is 27.1 Å². The second-order valence-corrected chi connectivity index (χ2v) is 7.15. The highest BCUT2D eigenvalue weighted by molar-refractivity contribution is 6.31. The summed E-state index contributed by atoms with van der Waals surface area (Å²) in [7, 11) is 1.44. The molecule has 0 fully saturated rings. The number of nitrogens with zero attached hydrogens (tertiary/aromatic N) is 2. The molecule has 31 heavy (non-hydrogen) atoms. The fourth-order valence-electron chi connectivity index (χ4n) is 3.20. The monoisotopic (exact) mass is 455 g/mol. The summed E-state index contributed by atoms with van der Waals surface area (Å²) in [6, 6.07) is 8.24. The van der Waals surface area contributed by atoms with Gasteiger partial charge in [0.2, 0.25) is 5.88 Å². The summed E-state index contributed by atoms with van der Waals surface area (Å²) in [5, 5.41) is 3.29. The molecule has 0 saturated carbocycles. The van der Waals surface area contributed by atoms with Crippen LogP contribution in [0, 0.1) is 5.82 Å². The lowest BCUT2D eigenvalue weighted by atomic mass is 10.0. The maximum absolute atomic E-state index is 13.4. The molecule has 0 bridgehead atoms. The van der Waals surface area contributed by atoms with Crippen molar-refractivity contribution in [2.45, 2.75) is 19.1 Å². The Labute approximate surface area is 180 Å². The second-order valence-electron chi connectivity index (χ2n) is 6.75. The molecular formula is C21H18ClF4N3O2. The van der Waals surface area contributed by atoms with Crippen molar-refractivity contribution in [2.75, 3.05) is 19.0 Å². The Morgan fingerprint density at radius 3 is 2.52 bits per heavy atom. The van der Waals surface area contributed by atoms with Gasteiger partial charge >= 0.3 is 12.2 Å². The van der Waals surface area contributed by atoms with Gasteiger partial charge in [-0.1, -0.05) is 29.8 Å². The van der Waals surface area contributed by atoms with E-state index < -0.39 is 30.6 Å². The van der Waals surface area contributed by atoms with Crippen LogP contribution in [0.1, 0.15) is 18.5 Å². The Kier molecular flexibility index (Phi) is 6.54. The molecule has 0 unspecified atom stereocenters. The van der Waals surface area contributed by atoms with Crippen LogP contribution in [0.4, 0.5) is 28.0 Å². The van der Waals surface area contributed by atoms with Crippen LogP contribution in [0.15, 0.2) is 48.7 Å². The summed E-state index contributed by atoms with van der Waals surface area (Å²) in [5.74, 6) is -0.393. The number of ether oxygens (including phenoxy) is 1. The Morgan fingerprint density at radius 1 is 1.23 bits per heavy atom. The van der Waals surface area contributed by atoms with Gasteiger partial charge in [-0.15, -0.1) is 0 Å². The van der Waals surface area contributed by atoms with Gasteiger partial charge in [0.15, 0.2) is 0 Å². The highest BCUT2D eigenvalue weighted by atomic mass is 35.5. The zero-order valence-electron chi connectivity index (χ0n) is 16.5. The smallest absolute Gasteiger partial charge is 0.406 e. The molecule has 5 nitrogen and oxygen atoms in total. The SMILES string of the molecule is COc1ncc([C@@H](C)N(CC(F)(F)F)C(=O)Nc2ccc(F)c(Cl)c2)c2ccccc12. The van der Waals surface area contributed by atoms with Crippen LogP contribution < -0.4 is 10.1 Å². The number of pyridine rings is 1. The van der Waals surface area contributed by atoms with Crippen molar-refractivity contribution in [3.63, 3.8) is 0 Å². The predicted octanol–water partition coefficient (Wildman–Crippen LogP) is 6.19. The minimum absolute atomic E-state index is 0.0634. The zero-order valence-corrected chi connectivity index (χ0v) is 17.3. The van der Waals surface area contributed by atoms with Gasteiger partial charge in [-0.2, -0.15) is 13.2 Å². The maximum atomic E-state index is 13.4. The number of urea groups is 1. The summed E-state index contributed by atoms with van der Waals surface area (Å²) < 4.78 is 58.5. The quantitative estimate of drug-likeness (QED) is 0.466. The highest BCUT2D eigenvalue weighted by Gasteiger charge is 2.36. The number of hydrogen-bond donors (Lipinski definition) is 1. The number of alkyl halides is 3. The minimum Gasteiger partial charge on any atom is -0.481 e. The van der Waals surface area contributed by atoms with Gasteiger partial charge in [-0.05, 0) is 36.6 Å². The second kappa shape index (κ2) is 8.97. The van der Waals surface area contributed by atoms with Crippen molar-refractivity contribution in [1.82, 2.24) is 9.88 Å². The number of rotatable bonds is 5.